The summed E-state index contributed by atoms with van der Waals surface area (Å²) < 4.78 is 46.0. The normalized spacial score (nSPS) is 23.2. The lowest BCUT2D eigenvalue weighted by Crippen LogP contribution is -2.41. The zero-order chi connectivity index (χ0) is 23.0. The second kappa shape index (κ2) is 9.24. The fourth-order valence-electron chi connectivity index (χ4n) is 4.03. The van der Waals surface area contributed by atoms with Crippen LogP contribution in [0.1, 0.15) is 24.9 Å². The fourth-order valence-corrected chi connectivity index (χ4v) is 6.21. The number of benzene rings is 1. The number of hydrogen-bond donors (Lipinski definition) is 1. The minimum absolute atomic E-state index is 0.178. The minimum atomic E-state index is -3.45. The highest BCUT2D eigenvalue weighted by Gasteiger charge is 2.43. The van der Waals surface area contributed by atoms with Gasteiger partial charge in [-0.05, 0) is 24.6 Å². The topological polar surface area (TPSA) is 100 Å². The molecule has 1 N–H and O–H groups in total. The lowest BCUT2D eigenvalue weighted by Gasteiger charge is -2.32. The van der Waals surface area contributed by atoms with Gasteiger partial charge in [0.15, 0.2) is 5.84 Å². The van der Waals surface area contributed by atoms with Gasteiger partial charge in [0, 0.05) is 41.5 Å². The van der Waals surface area contributed by atoms with Gasteiger partial charge in [-0.25, -0.2) is 22.3 Å². The van der Waals surface area contributed by atoms with Crippen molar-refractivity contribution in [1.82, 2.24) is 9.62 Å². The number of rotatable bonds is 6. The Bertz CT molecular complexity index is 1150. The number of hydrogen-bond acceptors (Lipinski definition) is 8. The summed E-state index contributed by atoms with van der Waals surface area (Å²) in [5, 5.41) is 0.744. The van der Waals surface area contributed by atoms with Crippen LogP contribution < -0.4 is 4.72 Å². The molecule has 1 unspecified atom stereocenters. The Morgan fingerprint density at radius 2 is 2.22 bits per heavy atom. The number of aliphatic imine (C=N–C) groups is 2. The first-order chi connectivity index (χ1) is 15.2. The number of nitrogens with one attached hydrogen (secondary N) is 1. The summed E-state index contributed by atoms with van der Waals surface area (Å²) in [5.74, 6) is 0.468. The number of sulfonamides is 1. The van der Waals surface area contributed by atoms with Gasteiger partial charge in [-0.3, -0.25) is 9.98 Å². The Balaban J connectivity index is 1.87. The van der Waals surface area contributed by atoms with E-state index in [1.54, 1.807) is 24.8 Å². The fraction of sp³-hybridized carbons (Fsp3) is 0.450. The average molecular weight is 545 g/mol. The summed E-state index contributed by atoms with van der Waals surface area (Å²) in [7, 11) is -3.45. The smallest absolute Gasteiger partial charge is 0.338 e. The monoisotopic (exact) mass is 544 g/mol. The van der Waals surface area contributed by atoms with Crippen LogP contribution in [0.2, 0.25) is 0 Å². The van der Waals surface area contributed by atoms with Gasteiger partial charge in [-0.15, -0.1) is 11.8 Å². The molecule has 0 saturated carbocycles. The van der Waals surface area contributed by atoms with E-state index in [2.05, 4.69) is 25.6 Å². The Morgan fingerprint density at radius 1 is 1.44 bits per heavy atom. The Labute approximate surface area is 198 Å². The van der Waals surface area contributed by atoms with Crippen molar-refractivity contribution in [2.24, 2.45) is 9.98 Å². The molecule has 0 amide bonds. The number of fused-ring (bicyclic) bond motifs is 1. The number of amidine groups is 1. The van der Waals surface area contributed by atoms with E-state index in [0.717, 1.165) is 17.1 Å². The van der Waals surface area contributed by atoms with E-state index < -0.39 is 33.9 Å². The van der Waals surface area contributed by atoms with E-state index in [4.69, 9.17) is 9.73 Å². The number of ether oxygens (including phenoxy) is 1. The molecule has 1 aromatic carbocycles. The number of carbonyl (C=O) groups is 1. The summed E-state index contributed by atoms with van der Waals surface area (Å²) in [6.45, 7) is 2.87. The molecular weight excluding hydrogens is 523 g/mol. The predicted molar refractivity (Wildman–Crippen MR) is 126 cm³/mol. The van der Waals surface area contributed by atoms with Crippen LogP contribution in [0.5, 0.6) is 0 Å². The number of nitrogens with zero attached hydrogens (tertiary/aromatic N) is 3. The van der Waals surface area contributed by atoms with E-state index in [9.17, 15) is 17.6 Å². The molecule has 1 fully saturated rings. The quantitative estimate of drug-likeness (QED) is 0.552. The van der Waals surface area contributed by atoms with Crippen molar-refractivity contribution in [2.75, 3.05) is 31.7 Å². The minimum Gasteiger partial charge on any atom is -0.463 e. The van der Waals surface area contributed by atoms with E-state index in [1.807, 2.05) is 4.90 Å². The maximum Gasteiger partial charge on any atom is 0.338 e. The van der Waals surface area contributed by atoms with Gasteiger partial charge in [-0.1, -0.05) is 22.0 Å². The summed E-state index contributed by atoms with van der Waals surface area (Å²) in [5.41, 5.74) is 1.58. The summed E-state index contributed by atoms with van der Waals surface area (Å²) in [4.78, 5) is 24.4. The van der Waals surface area contributed by atoms with Crippen LogP contribution in [0.25, 0.3) is 0 Å². The highest BCUT2D eigenvalue weighted by atomic mass is 79.9. The maximum atomic E-state index is 13.8. The van der Waals surface area contributed by atoms with E-state index in [0.29, 0.717) is 46.7 Å². The number of esters is 1. The van der Waals surface area contributed by atoms with E-state index >= 15 is 0 Å². The van der Waals surface area contributed by atoms with Crippen molar-refractivity contribution in [3.8, 4) is 0 Å². The van der Waals surface area contributed by atoms with Crippen molar-refractivity contribution in [3.63, 3.8) is 0 Å². The van der Waals surface area contributed by atoms with Gasteiger partial charge in [0.05, 0.1) is 18.4 Å². The predicted octanol–water partition coefficient (Wildman–Crippen LogP) is 2.63. The van der Waals surface area contributed by atoms with Crippen LogP contribution >= 0.6 is 27.7 Å². The van der Waals surface area contributed by atoms with Gasteiger partial charge >= 0.3 is 5.97 Å². The van der Waals surface area contributed by atoms with Crippen LogP contribution in [0.3, 0.4) is 0 Å². The molecule has 12 heteroatoms. The molecule has 0 spiro atoms. The molecule has 2 atom stereocenters. The number of halogens is 2. The number of thioether (sulfide) groups is 1. The van der Waals surface area contributed by atoms with Crippen LogP contribution in [0.15, 0.2) is 43.9 Å². The largest absolute Gasteiger partial charge is 0.463 e. The van der Waals surface area contributed by atoms with E-state index in [1.165, 1.54) is 12.1 Å². The molecule has 0 aliphatic carbocycles. The maximum absolute atomic E-state index is 13.8. The first-order valence-electron chi connectivity index (χ1n) is 10.0. The van der Waals surface area contributed by atoms with Gasteiger partial charge in [0.1, 0.15) is 16.9 Å². The number of carbonyl (C=O) groups excluding carboxylic acids is 1. The molecule has 3 aliphatic rings. The Morgan fingerprint density at radius 3 is 2.84 bits per heavy atom. The van der Waals surface area contributed by atoms with Gasteiger partial charge in [0.25, 0.3) is 0 Å². The van der Waals surface area contributed by atoms with Crippen molar-refractivity contribution in [1.29, 1.82) is 0 Å². The molecule has 4 rings (SSSR count). The third kappa shape index (κ3) is 4.78. The molecule has 1 saturated heterocycles. The van der Waals surface area contributed by atoms with Crippen LogP contribution in [0.4, 0.5) is 4.39 Å². The molecule has 8 nitrogen and oxygen atoms in total. The third-order valence-electron chi connectivity index (χ3n) is 5.17. The Hall–Kier alpha value is -1.76. The van der Waals surface area contributed by atoms with E-state index in [-0.39, 0.29) is 6.61 Å². The average Bonchev–Trinajstić information content (AvgIpc) is 3.35. The van der Waals surface area contributed by atoms with Gasteiger partial charge in [0.2, 0.25) is 10.0 Å². The second-order valence-electron chi connectivity index (χ2n) is 7.54. The van der Waals surface area contributed by atoms with Gasteiger partial charge in [-0.2, -0.15) is 0 Å². The van der Waals surface area contributed by atoms with Crippen molar-refractivity contribution < 1.29 is 22.3 Å². The molecule has 0 radical (unpaired) electrons. The lowest BCUT2D eigenvalue weighted by atomic mass is 9.94. The van der Waals surface area contributed by atoms with Crippen LogP contribution in [0, 0.1) is 5.82 Å². The molecule has 1 aromatic rings. The summed E-state index contributed by atoms with van der Waals surface area (Å²) >= 11 is 4.97. The zero-order valence-electron chi connectivity index (χ0n) is 17.5. The first kappa shape index (κ1) is 23.4. The first-order valence-corrected chi connectivity index (χ1v) is 13.7. The van der Waals surface area contributed by atoms with Crippen LogP contribution in [-0.2, 0) is 19.6 Å². The third-order valence-corrected chi connectivity index (χ3v) is 7.59. The van der Waals surface area contributed by atoms with Crippen molar-refractivity contribution >= 4 is 54.6 Å². The molecule has 172 valence electrons. The van der Waals surface area contributed by atoms with Crippen molar-refractivity contribution in [2.45, 2.75) is 25.4 Å². The molecule has 0 bridgehead atoms. The highest BCUT2D eigenvalue weighted by Crippen LogP contribution is 2.42. The van der Waals surface area contributed by atoms with Crippen molar-refractivity contribution in [3.05, 3.63) is 45.3 Å². The summed E-state index contributed by atoms with van der Waals surface area (Å²) in [6.07, 6.45) is 1.41. The summed E-state index contributed by atoms with van der Waals surface area (Å²) in [6, 6.07) is 3.06. The molecule has 3 heterocycles. The molecule has 32 heavy (non-hydrogen) atoms. The standard InChI is InChI=1S/C20H22BrFN4O4S2/c1-3-30-20(27)16-15-9-12(25-32(2,28)29)10-26(15)18(19-23-6-7-31-19)24-17(16)13-5-4-11(22)8-14(13)21/h4-5,8,12,17,25H,3,6-7,9-10H2,1-2H3/t12?,17-/m0/s1. The molecule has 3 aliphatic heterocycles. The highest BCUT2D eigenvalue weighted by molar-refractivity contribution is 9.10. The van der Waals surface area contributed by atoms with Crippen LogP contribution in [-0.4, -0.2) is 67.9 Å². The zero-order valence-corrected chi connectivity index (χ0v) is 20.7. The molecular formula is C20H22BrFN4O4S2. The van der Waals surface area contributed by atoms with Gasteiger partial charge < -0.3 is 9.64 Å². The Kier molecular flexibility index (Phi) is 6.76. The SMILES string of the molecule is CCOC(=O)C1=C2CC(NS(C)(=O)=O)CN2C(C2=NCCS2)=N[C@H]1c1ccc(F)cc1Br. The lowest BCUT2D eigenvalue weighted by molar-refractivity contribution is -0.139. The molecule has 0 aromatic heterocycles. The second-order valence-corrected chi connectivity index (χ2v) is 11.3.